The molecule has 4 rings (SSSR count). The van der Waals surface area contributed by atoms with Gasteiger partial charge in [-0.1, -0.05) is 11.6 Å². The maximum absolute atomic E-state index is 13.3. The molecule has 10 nitrogen and oxygen atoms in total. The molecule has 2 aliphatic heterocycles. The topological polar surface area (TPSA) is 119 Å². The maximum Gasteiger partial charge on any atom is 0.437 e. The SMILES string of the molecule is COc1c(Nc2ccc(C#N)cc2Cl)ncnc1OC1CC2COCC(C1)N2C(=O)OC(C)(C(F)(F)F)C(F)(F)F. The van der Waals surface area contributed by atoms with E-state index in [1.807, 2.05) is 6.07 Å². The van der Waals surface area contributed by atoms with Gasteiger partial charge in [0.25, 0.3) is 11.5 Å². The van der Waals surface area contributed by atoms with Crippen molar-refractivity contribution in [2.75, 3.05) is 25.6 Å². The third-order valence-electron chi connectivity index (χ3n) is 6.67. The van der Waals surface area contributed by atoms with Crippen molar-refractivity contribution >= 4 is 29.2 Å². The first kappa shape index (κ1) is 30.3. The molecule has 1 N–H and O–H groups in total. The Morgan fingerprint density at radius 1 is 1.15 bits per heavy atom. The van der Waals surface area contributed by atoms with Crippen molar-refractivity contribution < 1.29 is 50.1 Å². The van der Waals surface area contributed by atoms with Crippen LogP contribution in [-0.2, 0) is 9.47 Å². The van der Waals surface area contributed by atoms with Crippen LogP contribution in [0.1, 0.15) is 25.3 Å². The second kappa shape index (κ2) is 11.3. The smallest absolute Gasteiger partial charge is 0.437 e. The number of carbonyl (C=O) groups excluding carboxylic acids is 1. The lowest BCUT2D eigenvalue weighted by atomic mass is 9.92. The first-order chi connectivity index (χ1) is 19.2. The molecule has 2 atom stereocenters. The molecule has 2 unspecified atom stereocenters. The van der Waals surface area contributed by atoms with Crippen molar-refractivity contribution in [1.29, 1.82) is 5.26 Å². The van der Waals surface area contributed by atoms with Crippen molar-refractivity contribution in [3.05, 3.63) is 35.1 Å². The summed E-state index contributed by atoms with van der Waals surface area (Å²) in [5.41, 5.74) is -3.96. The van der Waals surface area contributed by atoms with Gasteiger partial charge in [0.2, 0.25) is 5.75 Å². The van der Waals surface area contributed by atoms with Gasteiger partial charge in [0.05, 0.1) is 54.7 Å². The van der Waals surface area contributed by atoms with Crippen LogP contribution in [0.4, 0.5) is 42.6 Å². The van der Waals surface area contributed by atoms with Gasteiger partial charge in [0.15, 0.2) is 5.82 Å². The van der Waals surface area contributed by atoms with E-state index in [-0.39, 0.29) is 55.4 Å². The van der Waals surface area contributed by atoms with E-state index >= 15 is 0 Å². The van der Waals surface area contributed by atoms with Gasteiger partial charge >= 0.3 is 18.4 Å². The van der Waals surface area contributed by atoms with Gasteiger partial charge in [-0.3, -0.25) is 4.90 Å². The van der Waals surface area contributed by atoms with E-state index in [9.17, 15) is 31.1 Å². The van der Waals surface area contributed by atoms with Crippen molar-refractivity contribution in [3.8, 4) is 17.7 Å². The average Bonchev–Trinajstić information content (AvgIpc) is 2.88. The molecule has 0 saturated carbocycles. The summed E-state index contributed by atoms with van der Waals surface area (Å²) in [6.07, 6.45) is -13.1. The third-order valence-corrected chi connectivity index (χ3v) is 6.98. The summed E-state index contributed by atoms with van der Waals surface area (Å²) in [7, 11) is 1.33. The highest BCUT2D eigenvalue weighted by Crippen LogP contribution is 2.46. The number of alkyl halides is 6. The van der Waals surface area contributed by atoms with Gasteiger partial charge in [-0.15, -0.1) is 0 Å². The van der Waals surface area contributed by atoms with Gasteiger partial charge in [-0.25, -0.2) is 9.78 Å². The van der Waals surface area contributed by atoms with Crippen LogP contribution in [0.5, 0.6) is 11.6 Å². The fourth-order valence-corrected chi connectivity index (χ4v) is 4.68. The fourth-order valence-electron chi connectivity index (χ4n) is 4.45. The minimum Gasteiger partial charge on any atom is -0.489 e. The number of ether oxygens (including phenoxy) is 4. The van der Waals surface area contributed by atoms with E-state index in [0.717, 1.165) is 4.90 Å². The van der Waals surface area contributed by atoms with Crippen LogP contribution in [0.3, 0.4) is 0 Å². The average molecular weight is 610 g/mol. The Hall–Kier alpha value is -3.71. The number of anilines is 2. The Kier molecular flexibility index (Phi) is 8.33. The first-order valence-corrected chi connectivity index (χ1v) is 12.3. The van der Waals surface area contributed by atoms with E-state index < -0.39 is 42.2 Å². The molecule has 2 aliphatic rings. The minimum absolute atomic E-state index is 0.0162. The summed E-state index contributed by atoms with van der Waals surface area (Å²) in [6.45, 7) is -0.554. The highest BCUT2D eigenvalue weighted by Gasteiger charge is 2.71. The Morgan fingerprint density at radius 3 is 2.32 bits per heavy atom. The summed E-state index contributed by atoms with van der Waals surface area (Å²) in [4.78, 5) is 21.8. The Balaban J connectivity index is 1.51. The lowest BCUT2D eigenvalue weighted by Gasteiger charge is -2.48. The number of halogens is 7. The second-order valence-corrected chi connectivity index (χ2v) is 9.76. The zero-order chi connectivity index (χ0) is 30.2. The molecule has 1 aromatic heterocycles. The molecule has 1 aromatic carbocycles. The number of piperidine rings is 1. The Morgan fingerprint density at radius 2 is 1.78 bits per heavy atom. The van der Waals surface area contributed by atoms with Crippen LogP contribution in [0.15, 0.2) is 24.5 Å². The predicted molar refractivity (Wildman–Crippen MR) is 129 cm³/mol. The molecule has 2 aromatic rings. The quantitative estimate of drug-likeness (QED) is 0.430. The summed E-state index contributed by atoms with van der Waals surface area (Å²) in [6, 6.07) is 4.62. The fraction of sp³-hybridized carbons (Fsp3) is 0.500. The molecule has 0 spiro atoms. The molecular formula is C24H22ClF6N5O5. The van der Waals surface area contributed by atoms with Crippen LogP contribution in [0, 0.1) is 11.3 Å². The number of nitrogens with one attached hydrogen (secondary N) is 1. The van der Waals surface area contributed by atoms with Gasteiger partial charge in [-0.05, 0) is 25.1 Å². The van der Waals surface area contributed by atoms with Gasteiger partial charge in [0.1, 0.15) is 12.4 Å². The number of rotatable bonds is 6. The largest absolute Gasteiger partial charge is 0.489 e. The standard InChI is InChI=1S/C24H22ClF6N5O5/c1-22(23(26,27)28,24(29,30)31)41-21(37)36-13-6-15(7-14(36)10-39-9-13)40-20-18(38-2)19(33-11-34-20)35-17-4-3-12(8-32)5-16(17)25/h3-5,11,13-15H,6-7,9-10H2,1-2H3,(H,33,34,35). The van der Waals surface area contributed by atoms with Crippen LogP contribution in [-0.4, -0.2) is 77.4 Å². The number of nitrogens with zero attached hydrogens (tertiary/aromatic N) is 4. The van der Waals surface area contributed by atoms with E-state index in [1.54, 1.807) is 6.07 Å². The van der Waals surface area contributed by atoms with Crippen LogP contribution in [0.25, 0.3) is 0 Å². The molecule has 0 radical (unpaired) electrons. The number of morpholine rings is 1. The highest BCUT2D eigenvalue weighted by molar-refractivity contribution is 6.33. The van der Waals surface area contributed by atoms with Crippen LogP contribution >= 0.6 is 11.6 Å². The summed E-state index contributed by atoms with van der Waals surface area (Å²) >= 11 is 6.22. The molecule has 2 bridgehead atoms. The van der Waals surface area contributed by atoms with E-state index in [0.29, 0.717) is 11.3 Å². The highest BCUT2D eigenvalue weighted by atomic mass is 35.5. The molecular weight excluding hydrogens is 588 g/mol. The number of nitriles is 1. The molecule has 2 fully saturated rings. The minimum atomic E-state index is -5.90. The lowest BCUT2D eigenvalue weighted by molar-refractivity contribution is -0.360. The third kappa shape index (κ3) is 6.01. The first-order valence-electron chi connectivity index (χ1n) is 11.9. The Bertz CT molecular complexity index is 1310. The van der Waals surface area contributed by atoms with Crippen LogP contribution in [0.2, 0.25) is 5.02 Å². The molecule has 41 heavy (non-hydrogen) atoms. The molecule has 1 amide bonds. The number of hydrogen-bond acceptors (Lipinski definition) is 9. The molecule has 222 valence electrons. The van der Waals surface area contributed by atoms with Crippen LogP contribution < -0.4 is 14.8 Å². The second-order valence-electron chi connectivity index (χ2n) is 9.35. The molecule has 3 heterocycles. The van der Waals surface area contributed by atoms with E-state index in [4.69, 9.17) is 31.1 Å². The zero-order valence-corrected chi connectivity index (χ0v) is 22.1. The summed E-state index contributed by atoms with van der Waals surface area (Å²) in [5, 5.41) is 12.2. The molecule has 0 aliphatic carbocycles. The number of benzene rings is 1. The van der Waals surface area contributed by atoms with Crippen molar-refractivity contribution in [1.82, 2.24) is 14.9 Å². The number of carbonyl (C=O) groups is 1. The van der Waals surface area contributed by atoms with Gasteiger partial charge in [0, 0.05) is 12.8 Å². The van der Waals surface area contributed by atoms with E-state index in [1.165, 1.54) is 25.6 Å². The monoisotopic (exact) mass is 609 g/mol. The zero-order valence-electron chi connectivity index (χ0n) is 21.3. The van der Waals surface area contributed by atoms with E-state index in [2.05, 4.69) is 20.0 Å². The predicted octanol–water partition coefficient (Wildman–Crippen LogP) is 5.38. The normalized spacial score (nSPS) is 21.1. The number of hydrogen-bond donors (Lipinski definition) is 1. The Labute approximate surface area is 234 Å². The summed E-state index contributed by atoms with van der Waals surface area (Å²) < 4.78 is 101. The lowest BCUT2D eigenvalue weighted by Crippen LogP contribution is -2.64. The van der Waals surface area contributed by atoms with Gasteiger partial charge in [-0.2, -0.15) is 36.6 Å². The number of amides is 1. The van der Waals surface area contributed by atoms with Crippen molar-refractivity contribution in [2.24, 2.45) is 0 Å². The van der Waals surface area contributed by atoms with Crippen molar-refractivity contribution in [3.63, 3.8) is 0 Å². The maximum atomic E-state index is 13.3. The number of fused-ring (bicyclic) bond motifs is 2. The summed E-state index contributed by atoms with van der Waals surface area (Å²) in [5.74, 6) is 0.214. The molecule has 17 heteroatoms. The molecule has 2 saturated heterocycles. The number of aromatic nitrogens is 2. The van der Waals surface area contributed by atoms with Gasteiger partial charge < -0.3 is 24.3 Å². The number of methoxy groups -OCH3 is 1. The van der Waals surface area contributed by atoms with Crippen molar-refractivity contribution in [2.45, 2.75) is 55.9 Å².